The maximum Gasteiger partial charge on any atom is 0.0946 e. The van der Waals surface area contributed by atoms with Crippen LogP contribution < -0.4 is 5.32 Å². The molecule has 1 rings (SSSR count). The SMILES string of the molecule is CCCCC(Cc1nc(C)c(C)s1)NC(C)C. The van der Waals surface area contributed by atoms with Crippen LogP contribution in [0.15, 0.2) is 0 Å². The molecule has 0 bridgehead atoms. The highest BCUT2D eigenvalue weighted by atomic mass is 32.1. The van der Waals surface area contributed by atoms with Crippen molar-refractivity contribution in [1.82, 2.24) is 10.3 Å². The first kappa shape index (κ1) is 14.7. The van der Waals surface area contributed by atoms with E-state index in [-0.39, 0.29) is 0 Å². The summed E-state index contributed by atoms with van der Waals surface area (Å²) in [4.78, 5) is 6.00. The third kappa shape index (κ3) is 5.17. The maximum atomic E-state index is 4.64. The lowest BCUT2D eigenvalue weighted by atomic mass is 10.1. The van der Waals surface area contributed by atoms with Crippen molar-refractivity contribution >= 4 is 11.3 Å². The molecule has 0 radical (unpaired) electrons. The van der Waals surface area contributed by atoms with Gasteiger partial charge in [-0.3, -0.25) is 0 Å². The van der Waals surface area contributed by atoms with Gasteiger partial charge in [0, 0.05) is 23.4 Å². The highest BCUT2D eigenvalue weighted by Gasteiger charge is 2.13. The summed E-state index contributed by atoms with van der Waals surface area (Å²) in [6.07, 6.45) is 4.91. The van der Waals surface area contributed by atoms with E-state index in [2.05, 4.69) is 44.9 Å². The summed E-state index contributed by atoms with van der Waals surface area (Å²) in [7, 11) is 0. The third-order valence-corrected chi connectivity index (χ3v) is 4.06. The fourth-order valence-corrected chi connectivity index (χ4v) is 3.02. The van der Waals surface area contributed by atoms with Crippen LogP contribution in [-0.4, -0.2) is 17.1 Å². The van der Waals surface area contributed by atoms with Crippen LogP contribution in [0.1, 0.15) is 55.6 Å². The second-order valence-corrected chi connectivity index (χ2v) is 6.40. The normalized spacial score (nSPS) is 13.3. The van der Waals surface area contributed by atoms with E-state index in [1.54, 1.807) is 0 Å². The van der Waals surface area contributed by atoms with Gasteiger partial charge in [0.1, 0.15) is 0 Å². The van der Waals surface area contributed by atoms with Gasteiger partial charge in [0.05, 0.1) is 10.7 Å². The van der Waals surface area contributed by atoms with Gasteiger partial charge in [0.25, 0.3) is 0 Å². The predicted octanol–water partition coefficient (Wildman–Crippen LogP) is 3.86. The second kappa shape index (κ2) is 7.12. The number of nitrogens with zero attached hydrogens (tertiary/aromatic N) is 1. The average molecular weight is 254 g/mol. The lowest BCUT2D eigenvalue weighted by Crippen LogP contribution is -2.36. The smallest absolute Gasteiger partial charge is 0.0946 e. The summed E-state index contributed by atoms with van der Waals surface area (Å²) in [6, 6.07) is 1.14. The number of rotatable bonds is 7. The molecule has 0 aliphatic heterocycles. The van der Waals surface area contributed by atoms with Gasteiger partial charge in [-0.1, -0.05) is 33.6 Å². The zero-order valence-electron chi connectivity index (χ0n) is 11.8. The van der Waals surface area contributed by atoms with Gasteiger partial charge in [0.2, 0.25) is 0 Å². The van der Waals surface area contributed by atoms with E-state index < -0.39 is 0 Å². The maximum absolute atomic E-state index is 4.64. The fourth-order valence-electron chi connectivity index (χ4n) is 2.00. The molecule has 0 amide bonds. The van der Waals surface area contributed by atoms with Gasteiger partial charge in [-0.2, -0.15) is 0 Å². The van der Waals surface area contributed by atoms with Crippen molar-refractivity contribution in [3.05, 3.63) is 15.6 Å². The molecule has 1 aromatic rings. The van der Waals surface area contributed by atoms with E-state index in [9.17, 15) is 0 Å². The van der Waals surface area contributed by atoms with Crippen LogP contribution in [0.5, 0.6) is 0 Å². The van der Waals surface area contributed by atoms with Crippen molar-refractivity contribution in [1.29, 1.82) is 0 Å². The van der Waals surface area contributed by atoms with Crippen LogP contribution in [-0.2, 0) is 6.42 Å². The molecule has 3 heteroatoms. The molecule has 17 heavy (non-hydrogen) atoms. The molecule has 0 aliphatic rings. The summed E-state index contributed by atoms with van der Waals surface area (Å²) < 4.78 is 0. The molecule has 0 aromatic carbocycles. The molecule has 0 saturated heterocycles. The van der Waals surface area contributed by atoms with E-state index in [0.29, 0.717) is 12.1 Å². The fraction of sp³-hybridized carbons (Fsp3) is 0.786. The first-order chi connectivity index (χ1) is 8.02. The van der Waals surface area contributed by atoms with Crippen LogP contribution in [0.4, 0.5) is 0 Å². The average Bonchev–Trinajstić information content (AvgIpc) is 2.54. The monoisotopic (exact) mass is 254 g/mol. The van der Waals surface area contributed by atoms with Gasteiger partial charge >= 0.3 is 0 Å². The number of aromatic nitrogens is 1. The first-order valence-corrected chi connectivity index (χ1v) is 7.53. The van der Waals surface area contributed by atoms with Gasteiger partial charge < -0.3 is 5.32 Å². The van der Waals surface area contributed by atoms with Gasteiger partial charge in [-0.15, -0.1) is 11.3 Å². The standard InChI is InChI=1S/C14H26N2S/c1-6-7-8-13(15-10(2)3)9-14-16-11(4)12(5)17-14/h10,13,15H,6-9H2,1-5H3. The number of aryl methyl sites for hydroxylation is 2. The molecule has 1 heterocycles. The largest absolute Gasteiger partial charge is 0.311 e. The molecule has 98 valence electrons. The Morgan fingerprint density at radius 3 is 2.47 bits per heavy atom. The van der Waals surface area contributed by atoms with Crippen molar-refractivity contribution in [2.45, 2.75) is 72.4 Å². The van der Waals surface area contributed by atoms with Crippen molar-refractivity contribution in [3.8, 4) is 0 Å². The number of hydrogen-bond acceptors (Lipinski definition) is 3. The van der Waals surface area contributed by atoms with Gasteiger partial charge in [-0.25, -0.2) is 4.98 Å². The topological polar surface area (TPSA) is 24.9 Å². The highest BCUT2D eigenvalue weighted by Crippen LogP contribution is 2.19. The van der Waals surface area contributed by atoms with E-state index >= 15 is 0 Å². The number of nitrogens with one attached hydrogen (secondary N) is 1. The summed E-state index contributed by atoms with van der Waals surface area (Å²) in [6.45, 7) is 11.0. The molecule has 1 atom stereocenters. The quantitative estimate of drug-likeness (QED) is 0.799. The summed E-state index contributed by atoms with van der Waals surface area (Å²) >= 11 is 1.85. The minimum Gasteiger partial charge on any atom is -0.311 e. The van der Waals surface area contributed by atoms with E-state index in [1.807, 2.05) is 11.3 Å². The molecule has 0 spiro atoms. The van der Waals surface area contributed by atoms with Crippen molar-refractivity contribution in [3.63, 3.8) is 0 Å². The molecule has 0 saturated carbocycles. The Morgan fingerprint density at radius 2 is 2.00 bits per heavy atom. The summed E-state index contributed by atoms with van der Waals surface area (Å²) in [5, 5.41) is 4.94. The Morgan fingerprint density at radius 1 is 1.29 bits per heavy atom. The Labute approximate surface area is 110 Å². The van der Waals surface area contributed by atoms with Crippen LogP contribution >= 0.6 is 11.3 Å². The Bertz CT molecular complexity index is 311. The minimum absolute atomic E-state index is 0.555. The van der Waals surface area contributed by atoms with E-state index in [1.165, 1.54) is 34.8 Å². The van der Waals surface area contributed by atoms with Crippen LogP contribution in [0.2, 0.25) is 0 Å². The van der Waals surface area contributed by atoms with Gasteiger partial charge in [-0.05, 0) is 20.3 Å². The molecule has 2 nitrogen and oxygen atoms in total. The number of unbranched alkanes of at least 4 members (excludes halogenated alkanes) is 1. The minimum atomic E-state index is 0.555. The first-order valence-electron chi connectivity index (χ1n) is 6.71. The van der Waals surface area contributed by atoms with Crippen LogP contribution in [0.3, 0.4) is 0 Å². The molecule has 1 unspecified atom stereocenters. The highest BCUT2D eigenvalue weighted by molar-refractivity contribution is 7.11. The number of thiazole rings is 1. The number of hydrogen-bond donors (Lipinski definition) is 1. The zero-order chi connectivity index (χ0) is 12.8. The molecular weight excluding hydrogens is 228 g/mol. The Hall–Kier alpha value is -0.410. The molecule has 1 N–H and O–H groups in total. The van der Waals surface area contributed by atoms with Crippen LogP contribution in [0, 0.1) is 13.8 Å². The molecular formula is C14H26N2S. The summed E-state index contributed by atoms with van der Waals surface area (Å²) in [5.74, 6) is 0. The predicted molar refractivity (Wildman–Crippen MR) is 76.9 cm³/mol. The molecule has 1 aromatic heterocycles. The van der Waals surface area contributed by atoms with Crippen molar-refractivity contribution < 1.29 is 0 Å². The lowest BCUT2D eigenvalue weighted by Gasteiger charge is -2.20. The van der Waals surface area contributed by atoms with Gasteiger partial charge in [0.15, 0.2) is 0 Å². The van der Waals surface area contributed by atoms with Crippen LogP contribution in [0.25, 0.3) is 0 Å². The van der Waals surface area contributed by atoms with Crippen molar-refractivity contribution in [2.24, 2.45) is 0 Å². The van der Waals surface area contributed by atoms with E-state index in [4.69, 9.17) is 0 Å². The molecule has 0 aliphatic carbocycles. The zero-order valence-corrected chi connectivity index (χ0v) is 12.7. The Kier molecular flexibility index (Phi) is 6.14. The molecule has 0 fully saturated rings. The third-order valence-electron chi connectivity index (χ3n) is 2.97. The lowest BCUT2D eigenvalue weighted by molar-refractivity contribution is 0.424. The Balaban J connectivity index is 2.57. The van der Waals surface area contributed by atoms with E-state index in [0.717, 1.165) is 6.42 Å². The van der Waals surface area contributed by atoms with Crippen molar-refractivity contribution in [2.75, 3.05) is 0 Å². The summed E-state index contributed by atoms with van der Waals surface area (Å²) in [5.41, 5.74) is 1.20. The second-order valence-electron chi connectivity index (χ2n) is 5.11.